The van der Waals surface area contributed by atoms with Crippen molar-refractivity contribution in [1.82, 2.24) is 29.3 Å². The van der Waals surface area contributed by atoms with Crippen LogP contribution in [0.3, 0.4) is 0 Å². The van der Waals surface area contributed by atoms with Crippen molar-refractivity contribution in [3.8, 4) is 11.4 Å². The summed E-state index contributed by atoms with van der Waals surface area (Å²) in [6.45, 7) is 5.05. The lowest BCUT2D eigenvalue weighted by atomic mass is 9.84. The van der Waals surface area contributed by atoms with Gasteiger partial charge in [-0.15, -0.1) is 0 Å². The van der Waals surface area contributed by atoms with Crippen molar-refractivity contribution in [1.29, 1.82) is 0 Å². The molecule has 2 saturated heterocycles. The van der Waals surface area contributed by atoms with E-state index in [-0.39, 0.29) is 41.6 Å². The van der Waals surface area contributed by atoms with Crippen LogP contribution in [-0.2, 0) is 11.3 Å². The molecule has 2 saturated carbocycles. The summed E-state index contributed by atoms with van der Waals surface area (Å²) < 4.78 is 19.5. The second-order valence-corrected chi connectivity index (χ2v) is 15.4. The van der Waals surface area contributed by atoms with E-state index in [2.05, 4.69) is 16.0 Å². The molecule has 8 rings (SSSR count). The number of amides is 3. The number of aliphatic hydroxyl groups is 1. The Balaban J connectivity index is 1.09. The van der Waals surface area contributed by atoms with Gasteiger partial charge in [0.15, 0.2) is 0 Å². The number of hydrogen-bond donors (Lipinski definition) is 3. The van der Waals surface area contributed by atoms with Crippen molar-refractivity contribution in [3.63, 3.8) is 0 Å². The molecule has 270 valence electrons. The third-order valence-electron chi connectivity index (χ3n) is 11.8. The summed E-state index contributed by atoms with van der Waals surface area (Å²) in [6, 6.07) is 8.81. The van der Waals surface area contributed by atoms with Gasteiger partial charge in [0.1, 0.15) is 11.5 Å². The van der Waals surface area contributed by atoms with E-state index < -0.39 is 6.09 Å². The molecule has 3 amide bonds. The fourth-order valence-corrected chi connectivity index (χ4v) is 8.84. The van der Waals surface area contributed by atoms with Crippen LogP contribution in [0.25, 0.3) is 27.8 Å². The number of nitrogens with one attached hydrogen (secondary N) is 1. The van der Waals surface area contributed by atoms with E-state index in [1.54, 1.807) is 27.7 Å². The zero-order valence-electron chi connectivity index (χ0n) is 29.2. The average Bonchev–Trinajstić information content (AvgIpc) is 3.80. The van der Waals surface area contributed by atoms with Crippen molar-refractivity contribution < 1.29 is 29.0 Å². The minimum Gasteiger partial charge on any atom is -0.465 e. The zero-order chi connectivity index (χ0) is 35.4. The first-order valence-corrected chi connectivity index (χ1v) is 18.7. The number of aliphatic hydroxyl groups excluding tert-OH is 1. The number of carbonyl (C=O) groups is 3. The van der Waals surface area contributed by atoms with E-state index in [0.717, 1.165) is 90.4 Å². The Kier molecular flexibility index (Phi) is 8.98. The van der Waals surface area contributed by atoms with Gasteiger partial charge in [0.2, 0.25) is 5.91 Å². The number of aryl methyl sites for hydroxylation is 1. The first-order valence-electron chi connectivity index (χ1n) is 18.7. The Labute approximate surface area is 296 Å². The Bertz CT molecular complexity index is 1980. The summed E-state index contributed by atoms with van der Waals surface area (Å²) in [4.78, 5) is 41.8. The normalized spacial score (nSPS) is 23.2. The number of pyridine rings is 1. The SMILES string of the molecule is Cc1c(-c2cc3cc(F)cc(C4CCN(C(=O)[C@H]5CC[C@H](O)CC5)CC4)c3n2CC2CC2)nn2cc(C(=O)N3CCC[C@@H](NC(=O)O)C3)ccc12. The summed E-state index contributed by atoms with van der Waals surface area (Å²) in [7, 11) is 0. The highest BCUT2D eigenvalue weighted by atomic mass is 19.1. The molecule has 11 nitrogen and oxygen atoms in total. The van der Waals surface area contributed by atoms with Crippen LogP contribution < -0.4 is 5.32 Å². The maximum absolute atomic E-state index is 15.4. The highest BCUT2D eigenvalue weighted by molar-refractivity contribution is 5.95. The van der Waals surface area contributed by atoms with E-state index in [9.17, 15) is 24.6 Å². The highest BCUT2D eigenvalue weighted by Gasteiger charge is 2.34. The third kappa shape index (κ3) is 6.70. The number of hydrogen-bond acceptors (Lipinski definition) is 5. The third-order valence-corrected chi connectivity index (χ3v) is 11.8. The number of likely N-dealkylation sites (tertiary alicyclic amines) is 2. The molecule has 0 bridgehead atoms. The molecule has 1 atom stereocenters. The van der Waals surface area contributed by atoms with Gasteiger partial charge in [0.05, 0.1) is 28.4 Å². The molecule has 0 spiro atoms. The molecule has 4 aliphatic rings. The van der Waals surface area contributed by atoms with E-state index in [1.807, 2.05) is 24.0 Å². The first-order chi connectivity index (χ1) is 24.6. The number of halogens is 1. The Morgan fingerprint density at radius 2 is 1.71 bits per heavy atom. The van der Waals surface area contributed by atoms with Gasteiger partial charge >= 0.3 is 6.09 Å². The quantitative estimate of drug-likeness (QED) is 0.219. The summed E-state index contributed by atoms with van der Waals surface area (Å²) in [6.07, 6.45) is 8.53. The van der Waals surface area contributed by atoms with Gasteiger partial charge in [-0.25, -0.2) is 13.7 Å². The molecule has 4 aromatic rings. The van der Waals surface area contributed by atoms with E-state index in [1.165, 1.54) is 0 Å². The molecule has 12 heteroatoms. The number of carboxylic acid groups (broad SMARTS) is 1. The topological polar surface area (TPSA) is 132 Å². The summed E-state index contributed by atoms with van der Waals surface area (Å²) in [5.74, 6) is 0.446. The smallest absolute Gasteiger partial charge is 0.404 e. The largest absolute Gasteiger partial charge is 0.465 e. The minimum atomic E-state index is -1.08. The lowest BCUT2D eigenvalue weighted by Crippen LogP contribution is -2.49. The van der Waals surface area contributed by atoms with Crippen LogP contribution in [0, 0.1) is 24.6 Å². The van der Waals surface area contributed by atoms with Crippen LogP contribution in [0.5, 0.6) is 0 Å². The van der Waals surface area contributed by atoms with E-state index in [4.69, 9.17) is 5.10 Å². The summed E-state index contributed by atoms with van der Waals surface area (Å²) >= 11 is 0. The monoisotopic (exact) mass is 698 g/mol. The molecule has 2 aliphatic heterocycles. The molecule has 0 unspecified atom stereocenters. The maximum Gasteiger partial charge on any atom is 0.404 e. The summed E-state index contributed by atoms with van der Waals surface area (Å²) in [5.41, 5.74) is 6.11. The average molecular weight is 699 g/mol. The van der Waals surface area contributed by atoms with Gasteiger partial charge < -0.3 is 29.9 Å². The van der Waals surface area contributed by atoms with Crippen LogP contribution in [0.1, 0.15) is 91.6 Å². The van der Waals surface area contributed by atoms with Crippen LogP contribution >= 0.6 is 0 Å². The first kappa shape index (κ1) is 33.7. The van der Waals surface area contributed by atoms with Crippen LogP contribution in [-0.4, -0.2) is 90.4 Å². The van der Waals surface area contributed by atoms with Crippen molar-refractivity contribution in [3.05, 3.63) is 59.0 Å². The van der Waals surface area contributed by atoms with Crippen LogP contribution in [0.2, 0.25) is 0 Å². The molecule has 3 aromatic heterocycles. The number of fused-ring (bicyclic) bond motifs is 2. The lowest BCUT2D eigenvalue weighted by Gasteiger charge is -2.36. The van der Waals surface area contributed by atoms with Crippen molar-refractivity contribution in [2.24, 2.45) is 11.8 Å². The lowest BCUT2D eigenvalue weighted by molar-refractivity contribution is -0.138. The molecule has 3 N–H and O–H groups in total. The van der Waals surface area contributed by atoms with E-state index >= 15 is 4.39 Å². The Hall–Kier alpha value is -4.45. The number of benzene rings is 1. The number of nitrogens with zero attached hydrogens (tertiary/aromatic N) is 5. The number of carbonyl (C=O) groups excluding carboxylic acids is 2. The number of rotatable bonds is 7. The van der Waals surface area contributed by atoms with Crippen molar-refractivity contribution in [2.45, 2.75) is 95.7 Å². The molecule has 51 heavy (non-hydrogen) atoms. The molecule has 4 fully saturated rings. The predicted octanol–water partition coefficient (Wildman–Crippen LogP) is 5.94. The number of piperidine rings is 2. The Morgan fingerprint density at radius 1 is 0.941 bits per heavy atom. The molecular weight excluding hydrogens is 651 g/mol. The van der Waals surface area contributed by atoms with Gasteiger partial charge in [-0.05, 0) is 119 Å². The van der Waals surface area contributed by atoms with E-state index in [0.29, 0.717) is 56.9 Å². The second-order valence-electron chi connectivity index (χ2n) is 15.4. The van der Waals surface area contributed by atoms with Gasteiger partial charge in [-0.2, -0.15) is 5.10 Å². The molecule has 0 radical (unpaired) electrons. The van der Waals surface area contributed by atoms with Gasteiger partial charge in [-0.1, -0.05) is 0 Å². The van der Waals surface area contributed by atoms with Crippen LogP contribution in [0.4, 0.5) is 9.18 Å². The van der Waals surface area contributed by atoms with Gasteiger partial charge in [0.25, 0.3) is 5.91 Å². The molecular formula is C39H47FN6O5. The predicted molar refractivity (Wildman–Crippen MR) is 190 cm³/mol. The fourth-order valence-electron chi connectivity index (χ4n) is 8.84. The van der Waals surface area contributed by atoms with Crippen molar-refractivity contribution >= 4 is 34.3 Å². The van der Waals surface area contributed by atoms with Crippen LogP contribution in [0.15, 0.2) is 36.5 Å². The second kappa shape index (κ2) is 13.6. The standard InChI is InChI=1S/C39H47FN6O5/c1-23-33-11-8-27(38(49)44-14-2-3-30(22-44)41-39(50)51)21-46(33)42-35(23)34-18-28-17-29(40)19-32(36(28)45(34)20-24-4-5-24)25-12-15-43(16-13-25)37(48)26-6-9-31(47)10-7-26/h8,11,17-19,21,24-26,30-31,41,47H,2-7,9-10,12-16,20,22H2,1H3,(H,50,51)/t26-,30-,31-/m1/s1. The fraction of sp³-hybridized carbons (Fsp3) is 0.538. The van der Waals surface area contributed by atoms with Gasteiger partial charge in [0, 0.05) is 61.8 Å². The zero-order valence-corrected chi connectivity index (χ0v) is 29.2. The molecule has 2 aliphatic carbocycles. The number of aromatic nitrogens is 3. The Morgan fingerprint density at radius 3 is 2.43 bits per heavy atom. The maximum atomic E-state index is 15.4. The molecule has 5 heterocycles. The minimum absolute atomic E-state index is 0.00901. The van der Waals surface area contributed by atoms with Crippen molar-refractivity contribution in [2.75, 3.05) is 26.2 Å². The summed E-state index contributed by atoms with van der Waals surface area (Å²) in [5, 5.41) is 27.5. The molecule has 1 aromatic carbocycles. The van der Waals surface area contributed by atoms with Gasteiger partial charge in [-0.3, -0.25) is 9.59 Å². The highest BCUT2D eigenvalue weighted by Crippen LogP contribution is 2.42.